The van der Waals surface area contributed by atoms with E-state index in [0.717, 1.165) is 18.8 Å². The Hall–Kier alpha value is -1.11. The molecule has 1 aliphatic rings. The Morgan fingerprint density at radius 1 is 1.12 bits per heavy atom. The van der Waals surface area contributed by atoms with Crippen molar-refractivity contribution in [2.24, 2.45) is 5.92 Å². The van der Waals surface area contributed by atoms with Crippen LogP contribution in [-0.4, -0.2) is 52.8 Å². The first-order valence-electron chi connectivity index (χ1n) is 8.77. The highest BCUT2D eigenvalue weighted by atomic mass is 32.2. The summed E-state index contributed by atoms with van der Waals surface area (Å²) >= 11 is 0. The molecule has 2 rings (SSSR count). The van der Waals surface area contributed by atoms with Crippen LogP contribution in [0.2, 0.25) is 0 Å². The van der Waals surface area contributed by atoms with E-state index in [0.29, 0.717) is 6.54 Å². The predicted octanol–water partition coefficient (Wildman–Crippen LogP) is 2.46. The molecule has 136 valence electrons. The van der Waals surface area contributed by atoms with E-state index in [1.165, 1.54) is 18.4 Å². The molecule has 1 fully saturated rings. The van der Waals surface area contributed by atoms with Gasteiger partial charge < -0.3 is 4.90 Å². The number of sulfonamides is 1. The van der Waals surface area contributed by atoms with Crippen LogP contribution in [0.25, 0.3) is 0 Å². The van der Waals surface area contributed by atoms with Gasteiger partial charge in [-0.2, -0.15) is 0 Å². The number of hydrogen-bond acceptors (Lipinski definition) is 4. The molecule has 1 aliphatic heterocycles. The van der Waals surface area contributed by atoms with E-state index >= 15 is 0 Å². The average Bonchev–Trinajstić information content (AvgIpc) is 3.00. The molecule has 0 aliphatic carbocycles. The van der Waals surface area contributed by atoms with Crippen molar-refractivity contribution in [1.29, 1.82) is 0 Å². The maximum Gasteiger partial charge on any atom is 0.211 e. The monoisotopic (exact) mass is 353 g/mol. The molecule has 0 aromatic heterocycles. The van der Waals surface area contributed by atoms with Crippen molar-refractivity contribution < 1.29 is 8.42 Å². The number of rotatable bonds is 8. The fraction of sp³-hybridized carbons (Fsp3) is 0.667. The lowest BCUT2D eigenvalue weighted by Gasteiger charge is -2.28. The third-order valence-corrected chi connectivity index (χ3v) is 6.14. The summed E-state index contributed by atoms with van der Waals surface area (Å²) < 4.78 is 27.2. The molecule has 1 aromatic rings. The van der Waals surface area contributed by atoms with Crippen molar-refractivity contribution in [3.05, 3.63) is 29.8 Å². The summed E-state index contributed by atoms with van der Waals surface area (Å²) in [5, 5.41) is 0. The van der Waals surface area contributed by atoms with Crippen molar-refractivity contribution in [2.45, 2.75) is 32.7 Å². The van der Waals surface area contributed by atoms with Crippen molar-refractivity contribution in [1.82, 2.24) is 9.62 Å². The van der Waals surface area contributed by atoms with Gasteiger partial charge in [-0.1, -0.05) is 26.0 Å². The molecule has 0 saturated carbocycles. The lowest BCUT2D eigenvalue weighted by atomic mass is 10.1. The van der Waals surface area contributed by atoms with Gasteiger partial charge >= 0.3 is 0 Å². The van der Waals surface area contributed by atoms with Crippen LogP contribution >= 0.6 is 0 Å². The Balaban J connectivity index is 2.13. The van der Waals surface area contributed by atoms with Crippen LogP contribution in [0.3, 0.4) is 0 Å². The van der Waals surface area contributed by atoms with Crippen LogP contribution in [0, 0.1) is 5.92 Å². The van der Waals surface area contributed by atoms with Gasteiger partial charge in [0.15, 0.2) is 0 Å². The minimum Gasteiger partial charge on any atom is -0.378 e. The maximum absolute atomic E-state index is 12.2. The first-order chi connectivity index (χ1) is 11.3. The van der Waals surface area contributed by atoms with E-state index in [1.54, 1.807) is 0 Å². The van der Waals surface area contributed by atoms with Crippen molar-refractivity contribution in [3.8, 4) is 0 Å². The molecule has 1 aromatic carbocycles. The van der Waals surface area contributed by atoms with Gasteiger partial charge in [-0.05, 0) is 49.5 Å². The van der Waals surface area contributed by atoms with Crippen molar-refractivity contribution in [3.63, 3.8) is 0 Å². The third-order valence-electron chi connectivity index (χ3n) is 4.43. The zero-order valence-corrected chi connectivity index (χ0v) is 16.1. The molecule has 0 spiro atoms. The Morgan fingerprint density at radius 2 is 1.71 bits per heavy atom. The lowest BCUT2D eigenvalue weighted by molar-refractivity contribution is 0.246. The first-order valence-corrected chi connectivity index (χ1v) is 10.4. The van der Waals surface area contributed by atoms with Gasteiger partial charge in [-0.15, -0.1) is 0 Å². The third kappa shape index (κ3) is 5.46. The van der Waals surface area contributed by atoms with E-state index in [-0.39, 0.29) is 17.7 Å². The second kappa shape index (κ2) is 8.32. The highest BCUT2D eigenvalue weighted by Crippen LogP contribution is 2.26. The Bertz CT molecular complexity index is 606. The number of nitrogens with one attached hydrogen (secondary N) is 1. The van der Waals surface area contributed by atoms with Crippen LogP contribution in [0.5, 0.6) is 0 Å². The normalized spacial score (nSPS) is 17.4. The highest BCUT2D eigenvalue weighted by Gasteiger charge is 2.25. The lowest BCUT2D eigenvalue weighted by Crippen LogP contribution is -2.38. The summed E-state index contributed by atoms with van der Waals surface area (Å²) in [7, 11) is 0.822. The van der Waals surface area contributed by atoms with Gasteiger partial charge in [0.1, 0.15) is 0 Å². The van der Waals surface area contributed by atoms with Crippen LogP contribution in [-0.2, 0) is 10.0 Å². The summed E-state index contributed by atoms with van der Waals surface area (Å²) in [6.45, 7) is 6.36. The van der Waals surface area contributed by atoms with Gasteiger partial charge in [-0.25, -0.2) is 13.1 Å². The van der Waals surface area contributed by atoms with Gasteiger partial charge in [0.25, 0.3) is 0 Å². The quantitative estimate of drug-likeness (QED) is 0.780. The standard InChI is InChI=1S/C18H31N3O2S/c1-15(2)14-24(22,23)19-13-18(21-11-5-6-12-21)16-7-9-17(10-8-16)20(3)4/h7-10,15,18-19H,5-6,11-14H2,1-4H3/t18-/m0/s1. The molecule has 0 amide bonds. The Labute approximate surface area is 147 Å². The molecule has 1 saturated heterocycles. The van der Waals surface area contributed by atoms with Crippen LogP contribution in [0.15, 0.2) is 24.3 Å². The molecule has 6 heteroatoms. The predicted molar refractivity (Wildman–Crippen MR) is 101 cm³/mol. The molecular weight excluding hydrogens is 322 g/mol. The van der Waals surface area contributed by atoms with Crippen LogP contribution in [0.4, 0.5) is 5.69 Å². The van der Waals surface area contributed by atoms with Crippen LogP contribution in [0.1, 0.15) is 38.3 Å². The molecule has 0 radical (unpaired) electrons. The molecule has 5 nitrogen and oxygen atoms in total. The first kappa shape index (κ1) is 19.2. The minimum atomic E-state index is -3.22. The summed E-state index contributed by atoms with van der Waals surface area (Å²) in [5.74, 6) is 0.311. The number of nitrogens with zero attached hydrogens (tertiary/aromatic N) is 2. The molecule has 1 N–H and O–H groups in total. The Morgan fingerprint density at radius 3 is 2.21 bits per heavy atom. The number of likely N-dealkylation sites (tertiary alicyclic amines) is 1. The fourth-order valence-corrected chi connectivity index (χ4v) is 4.62. The minimum absolute atomic E-state index is 0.102. The van der Waals surface area contributed by atoms with Gasteiger partial charge in [0.05, 0.1) is 5.75 Å². The summed E-state index contributed by atoms with van der Waals surface area (Å²) in [4.78, 5) is 4.46. The smallest absolute Gasteiger partial charge is 0.211 e. The molecule has 0 unspecified atom stereocenters. The summed E-state index contributed by atoms with van der Waals surface area (Å²) in [6.07, 6.45) is 2.37. The van der Waals surface area contributed by atoms with Gasteiger partial charge in [0, 0.05) is 32.4 Å². The zero-order valence-electron chi connectivity index (χ0n) is 15.3. The van der Waals surface area contributed by atoms with E-state index in [4.69, 9.17) is 0 Å². The molecule has 0 bridgehead atoms. The molecular formula is C18H31N3O2S. The molecule has 1 atom stereocenters. The number of anilines is 1. The van der Waals surface area contributed by atoms with Crippen molar-refractivity contribution in [2.75, 3.05) is 44.4 Å². The largest absolute Gasteiger partial charge is 0.378 e. The molecule has 24 heavy (non-hydrogen) atoms. The summed E-state index contributed by atoms with van der Waals surface area (Å²) in [5.41, 5.74) is 2.33. The fourth-order valence-electron chi connectivity index (χ4n) is 3.21. The van der Waals surface area contributed by atoms with E-state index < -0.39 is 10.0 Å². The Kier molecular flexibility index (Phi) is 6.66. The second-order valence-corrected chi connectivity index (χ2v) is 9.12. The van der Waals surface area contributed by atoms with Gasteiger partial charge in [0.2, 0.25) is 10.0 Å². The molecule has 1 heterocycles. The average molecular weight is 354 g/mol. The van der Waals surface area contributed by atoms with Crippen molar-refractivity contribution >= 4 is 15.7 Å². The summed E-state index contributed by atoms with van der Waals surface area (Å²) in [6, 6.07) is 8.54. The number of benzene rings is 1. The highest BCUT2D eigenvalue weighted by molar-refractivity contribution is 7.89. The van der Waals surface area contributed by atoms with E-state index in [2.05, 4.69) is 38.8 Å². The maximum atomic E-state index is 12.2. The van der Waals surface area contributed by atoms with E-state index in [1.807, 2.05) is 27.9 Å². The number of hydrogen-bond donors (Lipinski definition) is 1. The van der Waals surface area contributed by atoms with Crippen LogP contribution < -0.4 is 9.62 Å². The van der Waals surface area contributed by atoms with Gasteiger partial charge in [-0.3, -0.25) is 4.90 Å². The SMILES string of the molecule is CC(C)CS(=O)(=O)NC[C@@H](c1ccc(N(C)C)cc1)N1CCCC1. The zero-order chi connectivity index (χ0) is 17.7. The van der Waals surface area contributed by atoms with E-state index in [9.17, 15) is 8.42 Å². The topological polar surface area (TPSA) is 52.7 Å². The second-order valence-electron chi connectivity index (χ2n) is 7.27.